The molecule has 2 aliphatic heterocycles. The topological polar surface area (TPSA) is 296 Å². The van der Waals surface area contributed by atoms with Crippen molar-refractivity contribution in [3.63, 3.8) is 0 Å². The number of rotatable bonds is 8. The molecule has 0 aromatic carbocycles. The van der Waals surface area contributed by atoms with Crippen LogP contribution in [-0.2, 0) is 27.8 Å². The summed E-state index contributed by atoms with van der Waals surface area (Å²) in [5.41, 5.74) is 10.5. The molecule has 0 amide bonds. The second-order valence-corrected chi connectivity index (χ2v) is 10.6. The van der Waals surface area contributed by atoms with Crippen molar-refractivity contribution in [2.24, 2.45) is 0 Å². The number of aromatic amines is 1. The maximum Gasteiger partial charge on any atom is 0.472 e. The van der Waals surface area contributed by atoms with Crippen LogP contribution in [0, 0.1) is 0 Å². The molecule has 4 aromatic rings. The van der Waals surface area contributed by atoms with Crippen LogP contribution in [0.3, 0.4) is 0 Å². The molecule has 2 aliphatic rings. The van der Waals surface area contributed by atoms with Crippen molar-refractivity contribution in [1.29, 1.82) is 0 Å². The molecule has 23 heteroatoms. The van der Waals surface area contributed by atoms with Crippen molar-refractivity contribution in [1.82, 2.24) is 44.5 Å². The summed E-state index contributed by atoms with van der Waals surface area (Å²) >= 11 is 0. The number of ether oxygens (including phenoxy) is 3. The molecule has 0 aliphatic carbocycles. The van der Waals surface area contributed by atoms with E-state index in [1.807, 2.05) is 0 Å². The minimum Gasteiger partial charge on any atom is -0.387 e. The number of halogens is 1. The van der Waals surface area contributed by atoms with E-state index >= 15 is 4.39 Å². The van der Waals surface area contributed by atoms with E-state index in [-0.39, 0.29) is 34.1 Å². The molecule has 9 atom stereocenters. The molecule has 0 saturated carbocycles. The van der Waals surface area contributed by atoms with Crippen molar-refractivity contribution in [2.45, 2.75) is 49.3 Å². The highest BCUT2D eigenvalue weighted by atomic mass is 31.2. The maximum atomic E-state index is 15.1. The van der Waals surface area contributed by atoms with Gasteiger partial charge in [-0.25, -0.2) is 23.9 Å². The average molecular weight is 615 g/mol. The number of hydrogen-bond donors (Lipinski definition) is 6. The van der Waals surface area contributed by atoms with Gasteiger partial charge in [0.2, 0.25) is 5.95 Å². The number of imidazole rings is 1. The van der Waals surface area contributed by atoms with Crippen LogP contribution in [0.1, 0.15) is 12.5 Å². The summed E-state index contributed by atoms with van der Waals surface area (Å²) in [6.07, 6.45) is -10.6. The number of anilines is 2. The van der Waals surface area contributed by atoms with Gasteiger partial charge in [0.1, 0.15) is 36.3 Å². The molecule has 2 fully saturated rings. The average Bonchev–Trinajstić information content (AvgIpc) is 3.69. The second kappa shape index (κ2) is 10.5. The summed E-state index contributed by atoms with van der Waals surface area (Å²) in [5.74, 6) is -0.242. The Balaban J connectivity index is 1.19. The monoisotopic (exact) mass is 615 g/mol. The first-order chi connectivity index (χ1) is 20.0. The molecular weight excluding hydrogens is 592 g/mol. The number of aromatic nitrogens is 9. The van der Waals surface area contributed by atoms with Gasteiger partial charge in [-0.3, -0.25) is 23.4 Å². The molecule has 6 rings (SSSR count). The van der Waals surface area contributed by atoms with E-state index in [4.69, 9.17) is 34.7 Å². The summed E-state index contributed by atoms with van der Waals surface area (Å²) in [7, 11) is -3.91. The van der Waals surface area contributed by atoms with Crippen LogP contribution in [0.2, 0.25) is 0 Å². The van der Waals surface area contributed by atoms with Crippen LogP contribution in [0.15, 0.2) is 17.4 Å². The highest BCUT2D eigenvalue weighted by Crippen LogP contribution is 2.50. The maximum absolute atomic E-state index is 15.1. The molecule has 21 nitrogen and oxygen atoms in total. The summed E-state index contributed by atoms with van der Waals surface area (Å²) in [5, 5.41) is 28.6. The highest BCUT2D eigenvalue weighted by molar-refractivity contribution is 7.47. The van der Waals surface area contributed by atoms with E-state index in [0.717, 1.165) is 11.0 Å². The SMILES string of the molecule is CO[C@H]1O[C@@H](n2nnc3c(=O)[nH]c(N)nc32)C(OP(=O)(O)OC[C@H]2O[C@@H](n3cnc4c(N)ncnc43)C(F)C2O)C1O. The van der Waals surface area contributed by atoms with E-state index in [0.29, 0.717) is 0 Å². The Morgan fingerprint density at radius 2 is 1.93 bits per heavy atom. The molecule has 6 heterocycles. The van der Waals surface area contributed by atoms with Crippen molar-refractivity contribution in [3.05, 3.63) is 23.0 Å². The van der Waals surface area contributed by atoms with Gasteiger partial charge in [0.15, 0.2) is 47.5 Å². The zero-order valence-electron chi connectivity index (χ0n) is 21.2. The summed E-state index contributed by atoms with van der Waals surface area (Å²) < 4.78 is 56.5. The van der Waals surface area contributed by atoms with Crippen molar-refractivity contribution in [2.75, 3.05) is 25.2 Å². The lowest BCUT2D eigenvalue weighted by Crippen LogP contribution is -2.35. The first kappa shape index (κ1) is 28.4. The van der Waals surface area contributed by atoms with Gasteiger partial charge < -0.3 is 40.8 Å². The summed E-state index contributed by atoms with van der Waals surface area (Å²) in [6.45, 7) is -0.822. The number of fused-ring (bicyclic) bond motifs is 2. The van der Waals surface area contributed by atoms with E-state index in [9.17, 15) is 24.5 Å². The number of phosphoric acid groups is 1. The van der Waals surface area contributed by atoms with Gasteiger partial charge in [-0.1, -0.05) is 5.21 Å². The highest BCUT2D eigenvalue weighted by Gasteiger charge is 2.52. The standard InChI is InChI=1S/C19H23FN11O10P/c1-37-18-10(33)11(17(40-18)31-14-8(28-29-31)15(34)27-19(22)26-14)41-42(35,36)38-2-5-9(32)6(20)16(39-5)30-4-25-7-12(21)23-3-24-13(7)30/h3-6,9-11,16-18,32-33H,2H2,1H3,(H,35,36)(H2,21,23,24)(H3,22,26,27,34)/t5-,6?,9?,10?,11?,16-,17-,18+/m1/s1. The first-order valence-corrected chi connectivity index (χ1v) is 13.5. The van der Waals surface area contributed by atoms with E-state index < -0.39 is 69.3 Å². The third-order valence-corrected chi connectivity index (χ3v) is 7.59. The smallest absolute Gasteiger partial charge is 0.387 e. The van der Waals surface area contributed by atoms with Crippen molar-refractivity contribution >= 4 is 41.9 Å². The largest absolute Gasteiger partial charge is 0.472 e. The van der Waals surface area contributed by atoms with Gasteiger partial charge in [-0.15, -0.1) is 5.10 Å². The zero-order valence-corrected chi connectivity index (χ0v) is 22.1. The van der Waals surface area contributed by atoms with Gasteiger partial charge >= 0.3 is 7.82 Å². The van der Waals surface area contributed by atoms with Gasteiger partial charge in [0, 0.05) is 7.11 Å². The molecule has 0 spiro atoms. The summed E-state index contributed by atoms with van der Waals surface area (Å²) in [4.78, 5) is 40.7. The molecule has 4 aromatic heterocycles. The van der Waals surface area contributed by atoms with Crippen molar-refractivity contribution in [3.8, 4) is 0 Å². The van der Waals surface area contributed by atoms with Crippen LogP contribution in [-0.4, -0.2) is 110 Å². The number of methoxy groups -OCH3 is 1. The number of aliphatic hydroxyl groups excluding tert-OH is 2. The zero-order chi connectivity index (χ0) is 29.9. The second-order valence-electron chi connectivity index (χ2n) is 9.20. The fourth-order valence-corrected chi connectivity index (χ4v) is 5.56. The molecule has 226 valence electrons. The van der Waals surface area contributed by atoms with Crippen LogP contribution < -0.4 is 17.0 Å². The molecule has 42 heavy (non-hydrogen) atoms. The number of phosphoric ester groups is 1. The predicted molar refractivity (Wildman–Crippen MR) is 132 cm³/mol. The number of nitrogens with one attached hydrogen (secondary N) is 1. The molecule has 5 unspecified atom stereocenters. The normalized spacial score (nSPS) is 31.3. The first-order valence-electron chi connectivity index (χ1n) is 12.0. The fourth-order valence-electron chi connectivity index (χ4n) is 4.63. The van der Waals surface area contributed by atoms with Crippen LogP contribution in [0.5, 0.6) is 0 Å². The molecule has 8 N–H and O–H groups in total. The number of nitrogens with two attached hydrogens (primary N) is 2. The quantitative estimate of drug-likeness (QED) is 0.111. The van der Waals surface area contributed by atoms with Gasteiger partial charge in [0.25, 0.3) is 5.56 Å². The van der Waals surface area contributed by atoms with E-state index in [1.54, 1.807) is 0 Å². The predicted octanol–water partition coefficient (Wildman–Crippen LogP) is -2.52. The van der Waals surface area contributed by atoms with Crippen molar-refractivity contribution < 1.29 is 47.3 Å². The Bertz CT molecular complexity index is 1740. The minimum absolute atomic E-state index is 0.0444. The van der Waals surface area contributed by atoms with E-state index in [1.165, 1.54) is 18.0 Å². The lowest BCUT2D eigenvalue weighted by atomic mass is 10.1. The number of H-pyrrole nitrogens is 1. The number of aliphatic hydroxyl groups is 2. The van der Waals surface area contributed by atoms with Crippen LogP contribution in [0.4, 0.5) is 16.2 Å². The molecular formula is C19H23FN11O10P. The lowest BCUT2D eigenvalue weighted by molar-refractivity contribution is -0.162. The summed E-state index contributed by atoms with van der Waals surface area (Å²) in [6, 6.07) is 0. The van der Waals surface area contributed by atoms with Crippen LogP contribution >= 0.6 is 7.82 Å². The molecule has 2 saturated heterocycles. The number of nitrogen functional groups attached to an aromatic ring is 2. The Morgan fingerprint density at radius 3 is 2.69 bits per heavy atom. The van der Waals surface area contributed by atoms with Crippen LogP contribution in [0.25, 0.3) is 22.3 Å². The third kappa shape index (κ3) is 4.77. The molecule has 0 bridgehead atoms. The van der Waals surface area contributed by atoms with Gasteiger partial charge in [0.05, 0.1) is 12.9 Å². The lowest BCUT2D eigenvalue weighted by Gasteiger charge is -2.24. The Kier molecular flexibility index (Phi) is 7.11. The van der Waals surface area contributed by atoms with Gasteiger partial charge in [-0.2, -0.15) is 9.67 Å². The number of nitrogens with zero attached hydrogens (tertiary/aromatic N) is 8. The minimum atomic E-state index is -5.10. The van der Waals surface area contributed by atoms with Gasteiger partial charge in [-0.05, 0) is 0 Å². The van der Waals surface area contributed by atoms with E-state index in [2.05, 4.69) is 35.2 Å². The Hall–Kier alpha value is -3.73. The fraction of sp³-hybridized carbons (Fsp3) is 0.526. The molecule has 0 radical (unpaired) electrons. The Labute approximate surface area is 231 Å². The Morgan fingerprint density at radius 1 is 1.14 bits per heavy atom. The number of alkyl halides is 1. The number of hydrogen-bond acceptors (Lipinski definition) is 17. The third-order valence-electron chi connectivity index (χ3n) is 6.61.